The summed E-state index contributed by atoms with van der Waals surface area (Å²) in [4.78, 5) is 22.0. The molecule has 1 aromatic carbocycles. The lowest BCUT2D eigenvalue weighted by atomic mass is 9.93. The molecule has 2 heterocycles. The van der Waals surface area contributed by atoms with E-state index < -0.39 is 25.8 Å². The molecule has 0 radical (unpaired) electrons. The second-order valence-electron chi connectivity index (χ2n) is 10.1. The molecular weight excluding hydrogens is 544 g/mol. The zero-order valence-electron chi connectivity index (χ0n) is 22.0. The average molecular weight is 581 g/mol. The van der Waals surface area contributed by atoms with Crippen molar-refractivity contribution in [3.05, 3.63) is 36.0 Å². The summed E-state index contributed by atoms with van der Waals surface area (Å²) in [6.45, 7) is 1.14. The third-order valence-corrected chi connectivity index (χ3v) is 9.75. The van der Waals surface area contributed by atoms with Crippen LogP contribution in [0.4, 0.5) is 17.5 Å². The Morgan fingerprint density at radius 1 is 1.03 bits per heavy atom. The lowest BCUT2D eigenvalue weighted by molar-refractivity contribution is 0.102. The van der Waals surface area contributed by atoms with Crippen molar-refractivity contribution in [2.75, 3.05) is 47.6 Å². The van der Waals surface area contributed by atoms with Crippen molar-refractivity contribution >= 4 is 43.2 Å². The minimum absolute atomic E-state index is 0.00185. The standard InChI is InChI=1S/C25H36N6O6S2/c1-38(34,35)16-13-26-25-27-17-22(23(30-25)28-18-5-9-20(32)10-6-18)24(33)29-19-7-11-21(12-8-19)39(36,37)31-14-3-2-4-15-31/h7-8,11-12,17-18,20,32H,2-6,9-10,13-16H2,1H3,(H,29,33)(H2,26,27,28,30). The molecule has 39 heavy (non-hydrogen) atoms. The molecular formula is C25H36N6O6S2. The van der Waals surface area contributed by atoms with Crippen LogP contribution in [0.15, 0.2) is 35.4 Å². The molecule has 1 saturated carbocycles. The van der Waals surface area contributed by atoms with Crippen molar-refractivity contribution in [1.82, 2.24) is 14.3 Å². The van der Waals surface area contributed by atoms with Crippen LogP contribution in [-0.4, -0.2) is 85.9 Å². The highest BCUT2D eigenvalue weighted by Crippen LogP contribution is 2.25. The van der Waals surface area contributed by atoms with E-state index >= 15 is 0 Å². The van der Waals surface area contributed by atoms with Gasteiger partial charge in [-0.2, -0.15) is 9.29 Å². The first kappa shape index (κ1) is 29.2. The van der Waals surface area contributed by atoms with E-state index in [1.807, 2.05) is 0 Å². The zero-order chi connectivity index (χ0) is 28.0. The smallest absolute Gasteiger partial charge is 0.260 e. The molecule has 214 valence electrons. The monoisotopic (exact) mass is 580 g/mol. The lowest BCUT2D eigenvalue weighted by Crippen LogP contribution is -2.35. The molecule has 2 fully saturated rings. The summed E-state index contributed by atoms with van der Waals surface area (Å²) in [7, 11) is -6.75. The molecule has 1 saturated heterocycles. The number of sulfone groups is 1. The number of nitrogens with one attached hydrogen (secondary N) is 3. The predicted octanol–water partition coefficient (Wildman–Crippen LogP) is 2.08. The van der Waals surface area contributed by atoms with Gasteiger partial charge < -0.3 is 21.1 Å². The van der Waals surface area contributed by atoms with Crippen LogP contribution in [0.1, 0.15) is 55.3 Å². The summed E-state index contributed by atoms with van der Waals surface area (Å²) in [5.74, 6) is -0.107. The van der Waals surface area contributed by atoms with Gasteiger partial charge in [0.15, 0.2) is 0 Å². The van der Waals surface area contributed by atoms with Crippen LogP contribution >= 0.6 is 0 Å². The van der Waals surface area contributed by atoms with Gasteiger partial charge in [-0.15, -0.1) is 0 Å². The number of aromatic nitrogens is 2. The fourth-order valence-corrected chi connectivity index (χ4v) is 6.66. The summed E-state index contributed by atoms with van der Waals surface area (Å²) >= 11 is 0. The van der Waals surface area contributed by atoms with E-state index in [4.69, 9.17) is 0 Å². The van der Waals surface area contributed by atoms with E-state index in [9.17, 15) is 26.7 Å². The quantitative estimate of drug-likeness (QED) is 0.326. The first-order valence-electron chi connectivity index (χ1n) is 13.2. The number of hydrogen-bond donors (Lipinski definition) is 4. The highest BCUT2D eigenvalue weighted by Gasteiger charge is 2.26. The molecule has 0 bridgehead atoms. The number of sulfonamides is 1. The highest BCUT2D eigenvalue weighted by molar-refractivity contribution is 7.90. The zero-order valence-corrected chi connectivity index (χ0v) is 23.6. The van der Waals surface area contributed by atoms with E-state index in [2.05, 4.69) is 25.9 Å². The molecule has 0 atom stereocenters. The van der Waals surface area contributed by atoms with Crippen LogP contribution in [0, 0.1) is 0 Å². The van der Waals surface area contributed by atoms with E-state index in [0.717, 1.165) is 25.5 Å². The second-order valence-corrected chi connectivity index (χ2v) is 14.3. The van der Waals surface area contributed by atoms with Gasteiger partial charge in [0.25, 0.3) is 5.91 Å². The molecule has 2 aromatic rings. The Balaban J connectivity index is 1.49. The number of amides is 1. The van der Waals surface area contributed by atoms with Gasteiger partial charge in [-0.3, -0.25) is 4.79 Å². The molecule has 4 rings (SSSR count). The number of anilines is 3. The molecule has 1 aromatic heterocycles. The third kappa shape index (κ3) is 8.10. The first-order chi connectivity index (χ1) is 18.5. The van der Waals surface area contributed by atoms with E-state index in [0.29, 0.717) is 44.5 Å². The molecule has 12 nitrogen and oxygen atoms in total. The fraction of sp³-hybridized carbons (Fsp3) is 0.560. The minimum atomic E-state index is -3.58. The summed E-state index contributed by atoms with van der Waals surface area (Å²) < 4.78 is 50.2. The maximum absolute atomic E-state index is 13.2. The van der Waals surface area contributed by atoms with E-state index in [-0.39, 0.29) is 46.7 Å². The molecule has 4 N–H and O–H groups in total. The number of carbonyl (C=O) groups is 1. The Morgan fingerprint density at radius 2 is 1.69 bits per heavy atom. The Bertz CT molecular complexity index is 1350. The van der Waals surface area contributed by atoms with Crippen LogP contribution < -0.4 is 16.0 Å². The molecule has 2 aliphatic rings. The van der Waals surface area contributed by atoms with Crippen molar-refractivity contribution < 1.29 is 26.7 Å². The van der Waals surface area contributed by atoms with Crippen LogP contribution in [0.5, 0.6) is 0 Å². The van der Waals surface area contributed by atoms with E-state index in [1.165, 1.54) is 22.6 Å². The molecule has 0 unspecified atom stereocenters. The molecule has 1 amide bonds. The normalized spacial score (nSPS) is 20.8. The summed E-state index contributed by atoms with van der Waals surface area (Å²) in [5.41, 5.74) is 0.597. The lowest BCUT2D eigenvalue weighted by Gasteiger charge is -2.27. The van der Waals surface area contributed by atoms with Crippen LogP contribution in [0.3, 0.4) is 0 Å². The number of hydrogen-bond acceptors (Lipinski definition) is 10. The van der Waals surface area contributed by atoms with Gasteiger partial charge >= 0.3 is 0 Å². The molecule has 1 aliphatic carbocycles. The largest absolute Gasteiger partial charge is 0.393 e. The number of benzene rings is 1. The number of aliphatic hydroxyl groups is 1. The van der Waals surface area contributed by atoms with Crippen molar-refractivity contribution in [1.29, 1.82) is 0 Å². The topological polar surface area (TPSA) is 171 Å². The van der Waals surface area contributed by atoms with Gasteiger partial charge in [-0.05, 0) is 62.8 Å². The number of nitrogens with zero attached hydrogens (tertiary/aromatic N) is 3. The number of rotatable bonds is 10. The SMILES string of the molecule is CS(=O)(=O)CCNc1ncc(C(=O)Nc2ccc(S(=O)(=O)N3CCCCC3)cc2)c(NC2CCC(O)CC2)n1. The van der Waals surface area contributed by atoms with Gasteiger partial charge in [0.05, 0.1) is 16.8 Å². The number of piperidine rings is 1. The Morgan fingerprint density at radius 3 is 2.33 bits per heavy atom. The predicted molar refractivity (Wildman–Crippen MR) is 149 cm³/mol. The summed E-state index contributed by atoms with van der Waals surface area (Å²) in [6.07, 6.45) is 7.56. The summed E-state index contributed by atoms with van der Waals surface area (Å²) in [6, 6.07) is 6.06. The number of aliphatic hydroxyl groups excluding tert-OH is 1. The molecule has 0 spiro atoms. The second kappa shape index (κ2) is 12.6. The van der Waals surface area contributed by atoms with Gasteiger partial charge in [-0.1, -0.05) is 6.42 Å². The molecule has 1 aliphatic heterocycles. The van der Waals surface area contributed by atoms with Crippen molar-refractivity contribution in [2.45, 2.75) is 62.0 Å². The third-order valence-electron chi connectivity index (χ3n) is 6.89. The van der Waals surface area contributed by atoms with Crippen LogP contribution in [0.25, 0.3) is 0 Å². The van der Waals surface area contributed by atoms with Gasteiger partial charge in [0.2, 0.25) is 16.0 Å². The first-order valence-corrected chi connectivity index (χ1v) is 16.7. The average Bonchev–Trinajstić information content (AvgIpc) is 2.90. The highest BCUT2D eigenvalue weighted by atomic mass is 32.2. The fourth-order valence-electron chi connectivity index (χ4n) is 4.67. The van der Waals surface area contributed by atoms with Crippen molar-refractivity contribution in [3.63, 3.8) is 0 Å². The van der Waals surface area contributed by atoms with Crippen molar-refractivity contribution in [3.8, 4) is 0 Å². The summed E-state index contributed by atoms with van der Waals surface area (Å²) in [5, 5.41) is 18.8. The maximum atomic E-state index is 13.2. The van der Waals surface area contributed by atoms with Crippen LogP contribution in [-0.2, 0) is 19.9 Å². The van der Waals surface area contributed by atoms with Gasteiger partial charge in [0.1, 0.15) is 21.2 Å². The number of carbonyl (C=O) groups excluding carboxylic acids is 1. The van der Waals surface area contributed by atoms with Crippen LogP contribution in [0.2, 0.25) is 0 Å². The minimum Gasteiger partial charge on any atom is -0.393 e. The van der Waals surface area contributed by atoms with E-state index in [1.54, 1.807) is 12.1 Å². The van der Waals surface area contributed by atoms with Gasteiger partial charge in [0, 0.05) is 43.8 Å². The Hall–Kier alpha value is -2.81. The Labute approximate surface area is 229 Å². The molecule has 14 heteroatoms. The Kier molecular flexibility index (Phi) is 9.41. The van der Waals surface area contributed by atoms with Gasteiger partial charge in [-0.25, -0.2) is 21.8 Å². The van der Waals surface area contributed by atoms with Crippen molar-refractivity contribution in [2.24, 2.45) is 0 Å². The maximum Gasteiger partial charge on any atom is 0.260 e.